The molecule has 0 unspecified atom stereocenters. The van der Waals surface area contributed by atoms with E-state index in [2.05, 4.69) is 5.32 Å². The van der Waals surface area contributed by atoms with Gasteiger partial charge in [-0.1, -0.05) is 6.07 Å². The van der Waals surface area contributed by atoms with Gasteiger partial charge in [0.05, 0.1) is 12.1 Å². The number of hydrogen-bond acceptors (Lipinski definition) is 4. The predicted octanol–water partition coefficient (Wildman–Crippen LogP) is 1.52. The number of amides is 1. The molecule has 1 aromatic rings. The van der Waals surface area contributed by atoms with Crippen molar-refractivity contribution in [3.05, 3.63) is 35.1 Å². The highest BCUT2D eigenvalue weighted by molar-refractivity contribution is 5.86. The summed E-state index contributed by atoms with van der Waals surface area (Å²) in [6.45, 7) is 1.51. The van der Waals surface area contributed by atoms with Gasteiger partial charge in [0.2, 0.25) is 5.91 Å². The van der Waals surface area contributed by atoms with E-state index in [4.69, 9.17) is 15.2 Å². The van der Waals surface area contributed by atoms with Gasteiger partial charge in [0.25, 0.3) is 0 Å². The molecule has 0 aliphatic carbocycles. The highest BCUT2D eigenvalue weighted by Crippen LogP contribution is 2.18. The topological polar surface area (TPSA) is 73.6 Å². The molecule has 0 aromatic heterocycles. The summed E-state index contributed by atoms with van der Waals surface area (Å²) in [6.07, 6.45) is 1.02. The van der Waals surface area contributed by atoms with Crippen LogP contribution in [0.1, 0.15) is 24.0 Å². The molecule has 1 saturated heterocycles. The highest BCUT2D eigenvalue weighted by Gasteiger charge is 2.35. The minimum Gasteiger partial charge on any atom is -0.381 e. The lowest BCUT2D eigenvalue weighted by Crippen LogP contribution is -2.56. The van der Waals surface area contributed by atoms with Crippen LogP contribution >= 0.6 is 12.4 Å². The van der Waals surface area contributed by atoms with Crippen LogP contribution in [0.3, 0.4) is 0 Å². The molecule has 1 aromatic carbocycles. The molecular weight excluding hydrogens is 311 g/mol. The smallest absolute Gasteiger partial charge is 0.240 e. The molecule has 0 saturated carbocycles. The Kier molecular flexibility index (Phi) is 7.22. The largest absolute Gasteiger partial charge is 0.381 e. The van der Waals surface area contributed by atoms with E-state index in [0.29, 0.717) is 38.2 Å². The fourth-order valence-corrected chi connectivity index (χ4v) is 2.33. The zero-order valence-corrected chi connectivity index (χ0v) is 13.4. The number of rotatable bonds is 5. The second kappa shape index (κ2) is 8.43. The van der Waals surface area contributed by atoms with Crippen molar-refractivity contribution in [1.82, 2.24) is 5.32 Å². The first-order valence-electron chi connectivity index (χ1n) is 6.96. The maximum Gasteiger partial charge on any atom is 0.240 e. The number of methoxy groups -OCH3 is 1. The van der Waals surface area contributed by atoms with Crippen LogP contribution in [0, 0.1) is 5.82 Å². The lowest BCUT2D eigenvalue weighted by Gasteiger charge is -2.31. The fraction of sp³-hybridized carbons (Fsp3) is 0.533. The van der Waals surface area contributed by atoms with Crippen LogP contribution < -0.4 is 11.1 Å². The molecule has 0 radical (unpaired) electrons. The summed E-state index contributed by atoms with van der Waals surface area (Å²) in [7, 11) is 1.51. The number of benzene rings is 1. The number of nitrogens with two attached hydrogens (primary N) is 1. The Morgan fingerprint density at radius 2 is 2.14 bits per heavy atom. The zero-order chi connectivity index (χ0) is 15.3. The molecule has 124 valence electrons. The molecule has 0 atom stereocenters. The summed E-state index contributed by atoms with van der Waals surface area (Å²) in [6, 6.07) is 4.71. The fourth-order valence-electron chi connectivity index (χ4n) is 2.33. The molecule has 1 fully saturated rings. The monoisotopic (exact) mass is 332 g/mol. The molecule has 1 aliphatic rings. The van der Waals surface area contributed by atoms with Gasteiger partial charge >= 0.3 is 0 Å². The Balaban J connectivity index is 0.00000242. The van der Waals surface area contributed by atoms with Crippen molar-refractivity contribution in [2.75, 3.05) is 20.3 Å². The van der Waals surface area contributed by atoms with Crippen LogP contribution in [0.5, 0.6) is 0 Å². The van der Waals surface area contributed by atoms with Gasteiger partial charge in [-0.25, -0.2) is 4.39 Å². The van der Waals surface area contributed by atoms with Gasteiger partial charge in [-0.05, 0) is 30.5 Å². The summed E-state index contributed by atoms with van der Waals surface area (Å²) in [5, 5.41) is 2.82. The van der Waals surface area contributed by atoms with E-state index in [1.54, 1.807) is 12.1 Å². The van der Waals surface area contributed by atoms with Gasteiger partial charge < -0.3 is 20.5 Å². The molecular formula is C15H22ClFN2O3. The molecule has 5 nitrogen and oxygen atoms in total. The van der Waals surface area contributed by atoms with Gasteiger partial charge in [0.1, 0.15) is 5.82 Å². The molecule has 0 spiro atoms. The molecule has 2 rings (SSSR count). The average Bonchev–Trinajstić information content (AvgIpc) is 2.48. The number of carbonyl (C=O) groups excluding carboxylic acids is 1. The number of ether oxygens (including phenoxy) is 2. The van der Waals surface area contributed by atoms with Crippen molar-refractivity contribution in [3.63, 3.8) is 0 Å². The lowest BCUT2D eigenvalue weighted by atomic mass is 9.90. The second-order valence-electron chi connectivity index (χ2n) is 5.31. The van der Waals surface area contributed by atoms with E-state index < -0.39 is 5.54 Å². The van der Waals surface area contributed by atoms with Crippen LogP contribution in [-0.2, 0) is 27.4 Å². The van der Waals surface area contributed by atoms with E-state index >= 15 is 0 Å². The van der Waals surface area contributed by atoms with E-state index in [9.17, 15) is 9.18 Å². The zero-order valence-electron chi connectivity index (χ0n) is 12.6. The Morgan fingerprint density at radius 3 is 2.77 bits per heavy atom. The Bertz CT molecular complexity index is 508. The van der Waals surface area contributed by atoms with E-state index in [-0.39, 0.29) is 30.7 Å². The Hall–Kier alpha value is -1.21. The maximum atomic E-state index is 13.5. The molecule has 7 heteroatoms. The predicted molar refractivity (Wildman–Crippen MR) is 83.2 cm³/mol. The third-order valence-electron chi connectivity index (χ3n) is 3.70. The molecule has 22 heavy (non-hydrogen) atoms. The summed E-state index contributed by atoms with van der Waals surface area (Å²) in [4.78, 5) is 12.2. The second-order valence-corrected chi connectivity index (χ2v) is 5.31. The Labute approximate surface area is 135 Å². The molecule has 0 bridgehead atoms. The van der Waals surface area contributed by atoms with E-state index in [1.165, 1.54) is 13.2 Å². The van der Waals surface area contributed by atoms with E-state index in [1.807, 2.05) is 0 Å². The van der Waals surface area contributed by atoms with Gasteiger partial charge in [-0.3, -0.25) is 4.79 Å². The number of halogens is 2. The standard InChI is InChI=1S/C15H21FN2O3.ClH/c1-20-10-12-8-11(2-3-13(12)16)9-18-14(19)15(17)4-6-21-7-5-15;/h2-3,8H,4-7,9-10,17H2,1H3,(H,18,19);1H. The van der Waals surface area contributed by atoms with Crippen LogP contribution in [0.15, 0.2) is 18.2 Å². The molecule has 1 heterocycles. The van der Waals surface area contributed by atoms with Crippen molar-refractivity contribution < 1.29 is 18.7 Å². The maximum absolute atomic E-state index is 13.5. The van der Waals surface area contributed by atoms with E-state index in [0.717, 1.165) is 5.56 Å². The van der Waals surface area contributed by atoms with Crippen LogP contribution in [0.25, 0.3) is 0 Å². The van der Waals surface area contributed by atoms with Gasteiger partial charge in [0, 0.05) is 32.4 Å². The lowest BCUT2D eigenvalue weighted by molar-refractivity contribution is -0.129. The van der Waals surface area contributed by atoms with Crippen LogP contribution in [0.2, 0.25) is 0 Å². The first-order chi connectivity index (χ1) is 10.0. The van der Waals surface area contributed by atoms with Crippen molar-refractivity contribution in [2.45, 2.75) is 31.5 Å². The van der Waals surface area contributed by atoms with Crippen LogP contribution in [0.4, 0.5) is 4.39 Å². The third-order valence-corrected chi connectivity index (χ3v) is 3.70. The van der Waals surface area contributed by atoms with Crippen LogP contribution in [-0.4, -0.2) is 31.8 Å². The SMILES string of the molecule is COCc1cc(CNC(=O)C2(N)CCOCC2)ccc1F.Cl. The molecule has 1 aliphatic heterocycles. The summed E-state index contributed by atoms with van der Waals surface area (Å²) in [5.74, 6) is -0.505. The number of nitrogens with one attached hydrogen (secondary N) is 1. The highest BCUT2D eigenvalue weighted by atomic mass is 35.5. The van der Waals surface area contributed by atoms with Crippen molar-refractivity contribution in [2.24, 2.45) is 5.73 Å². The summed E-state index contributed by atoms with van der Waals surface area (Å²) >= 11 is 0. The number of hydrogen-bond donors (Lipinski definition) is 2. The minimum atomic E-state index is -0.867. The summed E-state index contributed by atoms with van der Waals surface area (Å²) in [5.41, 5.74) is 6.51. The van der Waals surface area contributed by atoms with Crippen molar-refractivity contribution >= 4 is 18.3 Å². The normalized spacial score (nSPS) is 16.7. The van der Waals surface area contributed by atoms with Crippen molar-refractivity contribution in [1.29, 1.82) is 0 Å². The third kappa shape index (κ3) is 4.64. The first kappa shape index (κ1) is 18.8. The van der Waals surface area contributed by atoms with Crippen molar-refractivity contribution in [3.8, 4) is 0 Å². The van der Waals surface area contributed by atoms with Gasteiger partial charge in [0.15, 0.2) is 0 Å². The number of carbonyl (C=O) groups is 1. The average molecular weight is 333 g/mol. The first-order valence-corrected chi connectivity index (χ1v) is 6.96. The summed E-state index contributed by atoms with van der Waals surface area (Å²) < 4.78 is 23.7. The molecule has 1 amide bonds. The minimum absolute atomic E-state index is 0. The van der Waals surface area contributed by atoms with Gasteiger partial charge in [-0.2, -0.15) is 0 Å². The van der Waals surface area contributed by atoms with Gasteiger partial charge in [-0.15, -0.1) is 12.4 Å². The Morgan fingerprint density at radius 1 is 1.45 bits per heavy atom. The molecule has 3 N–H and O–H groups in total. The quantitative estimate of drug-likeness (QED) is 0.857.